The lowest BCUT2D eigenvalue weighted by atomic mass is 10.2. The zero-order chi connectivity index (χ0) is 18.7. The molecule has 0 saturated carbocycles. The second kappa shape index (κ2) is 7.73. The molecule has 0 spiro atoms. The van der Waals surface area contributed by atoms with E-state index in [1.165, 1.54) is 4.31 Å². The van der Waals surface area contributed by atoms with Crippen LogP contribution in [-0.2, 0) is 19.6 Å². The number of rotatable bonds is 5. The number of carbonyl (C=O) groups excluding carboxylic acids is 1. The van der Waals surface area contributed by atoms with Gasteiger partial charge in [-0.05, 0) is 31.5 Å². The molecule has 2 fully saturated rings. The lowest BCUT2D eigenvalue weighted by molar-refractivity contribution is -0.143. The Balaban J connectivity index is 1.57. The molecule has 0 radical (unpaired) electrons. The number of amides is 1. The van der Waals surface area contributed by atoms with Crippen molar-refractivity contribution in [3.63, 3.8) is 0 Å². The van der Waals surface area contributed by atoms with Crippen LogP contribution in [-0.4, -0.2) is 84.8 Å². The van der Waals surface area contributed by atoms with E-state index in [9.17, 15) is 23.1 Å². The Kier molecular flexibility index (Phi) is 5.59. The van der Waals surface area contributed by atoms with Gasteiger partial charge in [-0.2, -0.15) is 4.31 Å². The Hall–Kier alpha value is -1.97. The van der Waals surface area contributed by atoms with Crippen LogP contribution in [0.15, 0.2) is 35.2 Å². The Labute approximate surface area is 153 Å². The lowest BCUT2D eigenvalue weighted by Crippen LogP contribution is -2.53. The van der Waals surface area contributed by atoms with Gasteiger partial charge in [0.15, 0.2) is 0 Å². The maximum absolute atomic E-state index is 12.6. The van der Waals surface area contributed by atoms with Gasteiger partial charge in [0.25, 0.3) is 0 Å². The van der Waals surface area contributed by atoms with Crippen molar-refractivity contribution < 1.29 is 23.1 Å². The average Bonchev–Trinajstić information content (AvgIpc) is 3.11. The highest BCUT2D eigenvalue weighted by Gasteiger charge is 2.34. The molecule has 1 N–H and O–H groups in total. The van der Waals surface area contributed by atoms with Gasteiger partial charge in [-0.3, -0.25) is 14.5 Å². The number of piperazine rings is 1. The maximum atomic E-state index is 12.6. The SMILES string of the molecule is O=C(O)[C@@H]1CCCN1CC(=O)N1CCN(S(=O)(=O)c2ccccc2)CC1. The van der Waals surface area contributed by atoms with Crippen LogP contribution in [0.25, 0.3) is 0 Å². The summed E-state index contributed by atoms with van der Waals surface area (Å²) in [6, 6.07) is 7.65. The van der Waals surface area contributed by atoms with E-state index >= 15 is 0 Å². The van der Waals surface area contributed by atoms with Gasteiger partial charge >= 0.3 is 5.97 Å². The van der Waals surface area contributed by atoms with Gasteiger partial charge in [0.1, 0.15) is 6.04 Å². The number of benzene rings is 1. The molecule has 8 nitrogen and oxygen atoms in total. The third kappa shape index (κ3) is 3.89. The number of carboxylic acids is 1. The monoisotopic (exact) mass is 381 g/mol. The van der Waals surface area contributed by atoms with Gasteiger partial charge in [-0.25, -0.2) is 8.42 Å². The first-order valence-electron chi connectivity index (χ1n) is 8.69. The van der Waals surface area contributed by atoms with Gasteiger partial charge in [0.05, 0.1) is 11.4 Å². The van der Waals surface area contributed by atoms with Crippen LogP contribution >= 0.6 is 0 Å². The fourth-order valence-corrected chi connectivity index (χ4v) is 4.93. The fraction of sp³-hybridized carbons (Fsp3) is 0.529. The van der Waals surface area contributed by atoms with Gasteiger partial charge in [0.2, 0.25) is 15.9 Å². The van der Waals surface area contributed by atoms with Crippen molar-refractivity contribution in [2.75, 3.05) is 39.3 Å². The highest BCUT2D eigenvalue weighted by atomic mass is 32.2. The van der Waals surface area contributed by atoms with Crippen LogP contribution < -0.4 is 0 Å². The largest absolute Gasteiger partial charge is 0.480 e. The molecule has 3 rings (SSSR count). The Morgan fingerprint density at radius 3 is 2.31 bits per heavy atom. The Bertz CT molecular complexity index is 760. The molecular weight excluding hydrogens is 358 g/mol. The van der Waals surface area contributed by atoms with Crippen LogP contribution in [0.2, 0.25) is 0 Å². The minimum absolute atomic E-state index is 0.0718. The first-order valence-corrected chi connectivity index (χ1v) is 10.1. The van der Waals surface area contributed by atoms with Crippen molar-refractivity contribution in [2.24, 2.45) is 0 Å². The van der Waals surface area contributed by atoms with E-state index in [4.69, 9.17) is 0 Å². The minimum atomic E-state index is -3.55. The van der Waals surface area contributed by atoms with Gasteiger partial charge in [0, 0.05) is 26.2 Å². The van der Waals surface area contributed by atoms with Crippen molar-refractivity contribution >= 4 is 21.9 Å². The first-order chi connectivity index (χ1) is 12.4. The van der Waals surface area contributed by atoms with Crippen molar-refractivity contribution in [3.8, 4) is 0 Å². The number of carbonyl (C=O) groups is 2. The lowest BCUT2D eigenvalue weighted by Gasteiger charge is -2.35. The smallest absolute Gasteiger partial charge is 0.320 e. The second-order valence-corrected chi connectivity index (χ2v) is 8.50. The standard InChI is InChI=1S/C17H23N3O5S/c21-16(13-19-8-4-7-15(19)17(22)23)18-9-11-20(12-10-18)26(24,25)14-5-2-1-3-6-14/h1-3,5-6,15H,4,7-13H2,(H,22,23)/t15-/m0/s1. The molecule has 26 heavy (non-hydrogen) atoms. The first kappa shape index (κ1) is 18.8. The molecule has 1 aromatic rings. The summed E-state index contributed by atoms with van der Waals surface area (Å²) >= 11 is 0. The summed E-state index contributed by atoms with van der Waals surface area (Å²) < 4.78 is 26.6. The number of nitrogens with zero attached hydrogens (tertiary/aromatic N) is 3. The van der Waals surface area contributed by atoms with Crippen LogP contribution in [0.3, 0.4) is 0 Å². The third-order valence-electron chi connectivity index (χ3n) is 4.96. The maximum Gasteiger partial charge on any atom is 0.320 e. The van der Waals surface area contributed by atoms with E-state index in [1.54, 1.807) is 40.1 Å². The molecule has 0 aliphatic carbocycles. The van der Waals surface area contributed by atoms with Crippen molar-refractivity contribution in [1.82, 2.24) is 14.1 Å². The molecule has 1 atom stereocenters. The Morgan fingerprint density at radius 2 is 1.69 bits per heavy atom. The molecule has 142 valence electrons. The van der Waals surface area contributed by atoms with E-state index in [-0.39, 0.29) is 30.4 Å². The van der Waals surface area contributed by atoms with Gasteiger partial charge in [-0.1, -0.05) is 18.2 Å². The fourth-order valence-electron chi connectivity index (χ4n) is 3.49. The molecule has 0 aromatic heterocycles. The normalized spacial score (nSPS) is 22.5. The van der Waals surface area contributed by atoms with Gasteiger partial charge in [-0.15, -0.1) is 0 Å². The summed E-state index contributed by atoms with van der Waals surface area (Å²) in [4.78, 5) is 27.3. The second-order valence-electron chi connectivity index (χ2n) is 6.56. The zero-order valence-electron chi connectivity index (χ0n) is 14.5. The highest BCUT2D eigenvalue weighted by molar-refractivity contribution is 7.89. The summed E-state index contributed by atoms with van der Waals surface area (Å²) in [5.74, 6) is -1.04. The van der Waals surface area contributed by atoms with E-state index in [2.05, 4.69) is 0 Å². The quantitative estimate of drug-likeness (QED) is 0.775. The highest BCUT2D eigenvalue weighted by Crippen LogP contribution is 2.19. The van der Waals surface area contributed by atoms with Gasteiger partial charge < -0.3 is 10.0 Å². The van der Waals surface area contributed by atoms with Crippen LogP contribution in [0.1, 0.15) is 12.8 Å². The van der Waals surface area contributed by atoms with E-state index in [0.29, 0.717) is 26.1 Å². The van der Waals surface area contributed by atoms with Crippen LogP contribution in [0.5, 0.6) is 0 Å². The van der Waals surface area contributed by atoms with Crippen molar-refractivity contribution in [2.45, 2.75) is 23.8 Å². The zero-order valence-corrected chi connectivity index (χ0v) is 15.3. The number of likely N-dealkylation sites (tertiary alicyclic amines) is 1. The van der Waals surface area contributed by atoms with Crippen LogP contribution in [0.4, 0.5) is 0 Å². The molecule has 2 aliphatic rings. The van der Waals surface area contributed by atoms with Crippen molar-refractivity contribution in [1.29, 1.82) is 0 Å². The number of carboxylic acid groups (broad SMARTS) is 1. The molecule has 0 unspecified atom stereocenters. The van der Waals surface area contributed by atoms with E-state index < -0.39 is 22.0 Å². The predicted octanol–water partition coefficient (Wildman–Crippen LogP) is 0.0685. The summed E-state index contributed by atoms with van der Waals surface area (Å²) in [6.45, 7) is 1.79. The Morgan fingerprint density at radius 1 is 1.04 bits per heavy atom. The molecule has 1 aromatic carbocycles. The number of hydrogen-bond donors (Lipinski definition) is 1. The third-order valence-corrected chi connectivity index (χ3v) is 6.87. The van der Waals surface area contributed by atoms with Crippen LogP contribution in [0, 0.1) is 0 Å². The molecule has 2 aliphatic heterocycles. The number of aliphatic carboxylic acids is 1. The molecule has 0 bridgehead atoms. The molecule has 1 amide bonds. The average molecular weight is 381 g/mol. The summed E-state index contributed by atoms with van der Waals surface area (Å²) in [6.07, 6.45) is 1.33. The number of sulfonamides is 1. The molecule has 9 heteroatoms. The minimum Gasteiger partial charge on any atom is -0.480 e. The number of hydrogen-bond acceptors (Lipinski definition) is 5. The van der Waals surface area contributed by atoms with Crippen molar-refractivity contribution in [3.05, 3.63) is 30.3 Å². The topological polar surface area (TPSA) is 98.2 Å². The molecular formula is C17H23N3O5S. The van der Waals surface area contributed by atoms with E-state index in [1.807, 2.05) is 0 Å². The summed E-state index contributed by atoms with van der Waals surface area (Å²) in [7, 11) is -3.55. The summed E-state index contributed by atoms with van der Waals surface area (Å²) in [5.41, 5.74) is 0. The van der Waals surface area contributed by atoms with E-state index in [0.717, 1.165) is 6.42 Å². The molecule has 2 heterocycles. The summed E-state index contributed by atoms with van der Waals surface area (Å²) in [5, 5.41) is 9.20. The predicted molar refractivity (Wildman–Crippen MR) is 94.0 cm³/mol. The molecule has 2 saturated heterocycles.